The first-order valence-corrected chi connectivity index (χ1v) is 7.53. The van der Waals surface area contributed by atoms with E-state index in [1.54, 1.807) is 26.2 Å². The van der Waals surface area contributed by atoms with Crippen molar-refractivity contribution in [2.75, 3.05) is 7.11 Å². The Bertz CT molecular complexity index is 981. The molecular formula is C19H15NO5. The molecule has 0 aliphatic rings. The maximum absolute atomic E-state index is 12.3. The van der Waals surface area contributed by atoms with E-state index in [9.17, 15) is 14.9 Å². The molecule has 25 heavy (non-hydrogen) atoms. The van der Waals surface area contributed by atoms with Crippen molar-refractivity contribution in [2.24, 2.45) is 0 Å². The fourth-order valence-electron chi connectivity index (χ4n) is 2.55. The minimum atomic E-state index is -0.569. The second-order valence-electron chi connectivity index (χ2n) is 5.52. The molecule has 0 bridgehead atoms. The van der Waals surface area contributed by atoms with Gasteiger partial charge in [0.25, 0.3) is 5.69 Å². The van der Waals surface area contributed by atoms with Gasteiger partial charge in [-0.15, -0.1) is 0 Å². The van der Waals surface area contributed by atoms with Gasteiger partial charge < -0.3 is 9.47 Å². The highest BCUT2D eigenvalue weighted by molar-refractivity contribution is 5.92. The second kappa shape index (κ2) is 6.60. The van der Waals surface area contributed by atoms with Crippen LogP contribution >= 0.6 is 0 Å². The highest BCUT2D eigenvalue weighted by Crippen LogP contribution is 2.26. The molecule has 0 aliphatic heterocycles. The molecule has 126 valence electrons. The molecule has 3 aromatic rings. The van der Waals surface area contributed by atoms with Crippen molar-refractivity contribution in [2.45, 2.75) is 6.92 Å². The molecule has 6 nitrogen and oxygen atoms in total. The number of carbonyl (C=O) groups is 1. The lowest BCUT2D eigenvalue weighted by atomic mass is 10.1. The fraction of sp³-hybridized carbons (Fsp3) is 0.105. The quantitative estimate of drug-likeness (QED) is 0.307. The van der Waals surface area contributed by atoms with Crippen LogP contribution in [0.15, 0.2) is 54.6 Å². The van der Waals surface area contributed by atoms with E-state index in [0.717, 1.165) is 10.8 Å². The van der Waals surface area contributed by atoms with Gasteiger partial charge in [-0.25, -0.2) is 4.79 Å². The first-order chi connectivity index (χ1) is 12.0. The Morgan fingerprint density at radius 2 is 1.64 bits per heavy atom. The number of carbonyl (C=O) groups excluding carboxylic acids is 1. The van der Waals surface area contributed by atoms with Crippen molar-refractivity contribution >= 4 is 22.4 Å². The summed E-state index contributed by atoms with van der Waals surface area (Å²) >= 11 is 0. The topological polar surface area (TPSA) is 78.7 Å². The minimum absolute atomic E-state index is 0.0330. The molecule has 0 aromatic heterocycles. The highest BCUT2D eigenvalue weighted by atomic mass is 16.6. The van der Waals surface area contributed by atoms with E-state index >= 15 is 0 Å². The number of nitrogens with zero attached hydrogens (tertiary/aromatic N) is 1. The Hall–Kier alpha value is -3.41. The lowest BCUT2D eigenvalue weighted by Gasteiger charge is -2.07. The summed E-state index contributed by atoms with van der Waals surface area (Å²) in [5, 5.41) is 12.7. The number of benzene rings is 3. The normalized spacial score (nSPS) is 10.5. The molecule has 3 aromatic carbocycles. The van der Waals surface area contributed by atoms with Crippen molar-refractivity contribution in [3.05, 3.63) is 75.8 Å². The van der Waals surface area contributed by atoms with Crippen LogP contribution < -0.4 is 9.47 Å². The number of fused-ring (bicyclic) bond motifs is 1. The molecule has 0 heterocycles. The number of nitro benzene ring substituents is 1. The number of hydrogen-bond donors (Lipinski definition) is 0. The van der Waals surface area contributed by atoms with Crippen molar-refractivity contribution in [1.29, 1.82) is 0 Å². The van der Waals surface area contributed by atoms with Gasteiger partial charge in [0, 0.05) is 11.6 Å². The highest BCUT2D eigenvalue weighted by Gasteiger charge is 2.15. The average molecular weight is 337 g/mol. The Morgan fingerprint density at radius 3 is 2.28 bits per heavy atom. The Kier molecular flexibility index (Phi) is 4.35. The maximum atomic E-state index is 12.3. The zero-order chi connectivity index (χ0) is 18.0. The minimum Gasteiger partial charge on any atom is -0.497 e. The van der Waals surface area contributed by atoms with Gasteiger partial charge in [0.15, 0.2) is 0 Å². The standard InChI is InChI=1S/C19H15NO5/c1-12-9-14(5-8-18(12)20(22)23)19(21)25-17-7-4-13-3-6-16(24-2)10-15(13)11-17/h3-11H,1-2H3. The number of aryl methyl sites for hydroxylation is 1. The molecule has 0 saturated heterocycles. The van der Waals surface area contributed by atoms with Crippen molar-refractivity contribution < 1.29 is 19.2 Å². The maximum Gasteiger partial charge on any atom is 0.343 e. The number of rotatable bonds is 4. The third kappa shape index (κ3) is 3.42. The molecule has 0 radical (unpaired) electrons. The predicted octanol–water partition coefficient (Wildman–Crippen LogP) is 4.28. The van der Waals surface area contributed by atoms with E-state index < -0.39 is 10.9 Å². The summed E-state index contributed by atoms with van der Waals surface area (Å²) in [6.07, 6.45) is 0. The van der Waals surface area contributed by atoms with Gasteiger partial charge in [0.05, 0.1) is 17.6 Å². The van der Waals surface area contributed by atoms with E-state index in [-0.39, 0.29) is 11.3 Å². The summed E-state index contributed by atoms with van der Waals surface area (Å²) in [6.45, 7) is 1.58. The van der Waals surface area contributed by atoms with E-state index in [0.29, 0.717) is 17.1 Å². The predicted molar refractivity (Wildman–Crippen MR) is 93.3 cm³/mol. The Balaban J connectivity index is 1.86. The zero-order valence-electron chi connectivity index (χ0n) is 13.7. The molecule has 6 heteroatoms. The summed E-state index contributed by atoms with van der Waals surface area (Å²) in [5.41, 5.74) is 0.630. The van der Waals surface area contributed by atoms with E-state index in [1.165, 1.54) is 18.2 Å². The van der Waals surface area contributed by atoms with Gasteiger partial charge in [-0.3, -0.25) is 10.1 Å². The molecule has 0 fully saturated rings. The molecular weight excluding hydrogens is 322 g/mol. The zero-order valence-corrected chi connectivity index (χ0v) is 13.7. The van der Waals surface area contributed by atoms with Crippen LogP contribution in [0.1, 0.15) is 15.9 Å². The van der Waals surface area contributed by atoms with Crippen LogP contribution in [0, 0.1) is 17.0 Å². The lowest BCUT2D eigenvalue weighted by Crippen LogP contribution is -2.09. The second-order valence-corrected chi connectivity index (χ2v) is 5.52. The number of methoxy groups -OCH3 is 1. The molecule has 0 spiro atoms. The molecule has 0 N–H and O–H groups in total. The molecule has 0 saturated carbocycles. The first-order valence-electron chi connectivity index (χ1n) is 7.53. The largest absolute Gasteiger partial charge is 0.497 e. The smallest absolute Gasteiger partial charge is 0.343 e. The average Bonchev–Trinajstić information content (AvgIpc) is 2.60. The van der Waals surface area contributed by atoms with Crippen LogP contribution in [0.5, 0.6) is 11.5 Å². The van der Waals surface area contributed by atoms with E-state index in [4.69, 9.17) is 9.47 Å². The molecule has 3 rings (SSSR count). The third-order valence-electron chi connectivity index (χ3n) is 3.86. The molecule has 0 aliphatic carbocycles. The van der Waals surface area contributed by atoms with E-state index in [1.807, 2.05) is 24.3 Å². The van der Waals surface area contributed by atoms with Crippen LogP contribution in [0.4, 0.5) is 5.69 Å². The van der Waals surface area contributed by atoms with Crippen LogP contribution in [-0.2, 0) is 0 Å². The van der Waals surface area contributed by atoms with Gasteiger partial charge in [0.2, 0.25) is 0 Å². The van der Waals surface area contributed by atoms with Crippen LogP contribution in [0.25, 0.3) is 10.8 Å². The molecule has 0 atom stereocenters. The summed E-state index contributed by atoms with van der Waals surface area (Å²) in [6, 6.07) is 15.0. The summed E-state index contributed by atoms with van der Waals surface area (Å²) < 4.78 is 10.6. The Morgan fingerprint density at radius 1 is 0.960 bits per heavy atom. The van der Waals surface area contributed by atoms with Gasteiger partial charge in [-0.1, -0.05) is 12.1 Å². The third-order valence-corrected chi connectivity index (χ3v) is 3.86. The van der Waals surface area contributed by atoms with Crippen LogP contribution in [0.2, 0.25) is 0 Å². The molecule has 0 unspecified atom stereocenters. The summed E-state index contributed by atoms with van der Waals surface area (Å²) in [4.78, 5) is 22.7. The van der Waals surface area contributed by atoms with Gasteiger partial charge in [-0.2, -0.15) is 0 Å². The van der Waals surface area contributed by atoms with Gasteiger partial charge in [0.1, 0.15) is 11.5 Å². The van der Waals surface area contributed by atoms with Crippen LogP contribution in [0.3, 0.4) is 0 Å². The van der Waals surface area contributed by atoms with Crippen molar-refractivity contribution in [1.82, 2.24) is 0 Å². The first kappa shape index (κ1) is 16.4. The van der Waals surface area contributed by atoms with Gasteiger partial charge >= 0.3 is 5.97 Å². The monoisotopic (exact) mass is 337 g/mol. The van der Waals surface area contributed by atoms with Crippen molar-refractivity contribution in [3.63, 3.8) is 0 Å². The van der Waals surface area contributed by atoms with Crippen LogP contribution in [-0.4, -0.2) is 18.0 Å². The summed E-state index contributed by atoms with van der Waals surface area (Å²) in [7, 11) is 1.59. The SMILES string of the molecule is COc1ccc2ccc(OC(=O)c3ccc([N+](=O)[O-])c(C)c3)cc2c1. The van der Waals surface area contributed by atoms with Gasteiger partial charge in [-0.05, 0) is 54.1 Å². The summed E-state index contributed by atoms with van der Waals surface area (Å²) in [5.74, 6) is 0.531. The number of nitro groups is 1. The van der Waals surface area contributed by atoms with E-state index in [2.05, 4.69) is 0 Å². The molecule has 0 amide bonds. The number of hydrogen-bond acceptors (Lipinski definition) is 5. The number of esters is 1. The number of ether oxygens (including phenoxy) is 2. The van der Waals surface area contributed by atoms with Crippen molar-refractivity contribution in [3.8, 4) is 11.5 Å². The fourth-order valence-corrected chi connectivity index (χ4v) is 2.55. The Labute approximate surface area is 143 Å². The lowest BCUT2D eigenvalue weighted by molar-refractivity contribution is -0.385.